The van der Waals surface area contributed by atoms with Gasteiger partial charge in [-0.1, -0.05) is 0 Å². The van der Waals surface area contributed by atoms with Gasteiger partial charge in [0.05, 0.1) is 17.1 Å². The third-order valence-corrected chi connectivity index (χ3v) is 3.48. The molecule has 1 saturated heterocycles. The lowest BCUT2D eigenvalue weighted by Crippen LogP contribution is -2.33. The van der Waals surface area contributed by atoms with E-state index in [0.717, 1.165) is 36.2 Å². The number of aliphatic hydroxyl groups is 1. The lowest BCUT2D eigenvalue weighted by molar-refractivity contribution is 0.266. The van der Waals surface area contributed by atoms with E-state index in [4.69, 9.17) is 0 Å². The molecule has 2 N–H and O–H groups in total. The van der Waals surface area contributed by atoms with E-state index in [1.54, 1.807) is 6.20 Å². The molecule has 0 aromatic carbocycles. The molecule has 1 aliphatic rings. The quantitative estimate of drug-likeness (QED) is 0.885. The molecule has 1 aromatic heterocycles. The molecule has 0 saturated carbocycles. The van der Waals surface area contributed by atoms with E-state index in [1.165, 1.54) is 0 Å². The lowest BCUT2D eigenvalue weighted by atomic mass is 10.2. The molecule has 0 spiro atoms. The summed E-state index contributed by atoms with van der Waals surface area (Å²) in [7, 11) is 0. The number of anilines is 2. The van der Waals surface area contributed by atoms with Crippen molar-refractivity contribution in [2.75, 3.05) is 29.9 Å². The monoisotopic (exact) mass is 300 g/mol. The summed E-state index contributed by atoms with van der Waals surface area (Å²) in [4.78, 5) is 10.8. The van der Waals surface area contributed by atoms with Crippen molar-refractivity contribution >= 4 is 27.7 Å². The second-order valence-electron chi connectivity index (χ2n) is 4.07. The van der Waals surface area contributed by atoms with Gasteiger partial charge in [0.1, 0.15) is 5.82 Å². The average Bonchev–Trinajstić information content (AvgIpc) is 2.80. The molecule has 0 bridgehead atoms. The summed E-state index contributed by atoms with van der Waals surface area (Å²) in [5, 5.41) is 12.4. The molecular weight excluding hydrogens is 284 g/mol. The minimum Gasteiger partial charge on any atom is -0.394 e. The largest absolute Gasteiger partial charge is 0.394 e. The Balaban J connectivity index is 2.26. The Bertz CT molecular complexity index is 388. The summed E-state index contributed by atoms with van der Waals surface area (Å²) in [6.07, 6.45) is 3.87. The van der Waals surface area contributed by atoms with Gasteiger partial charge in [-0.25, -0.2) is 4.98 Å². The molecule has 17 heavy (non-hydrogen) atoms. The van der Waals surface area contributed by atoms with Gasteiger partial charge >= 0.3 is 0 Å². The van der Waals surface area contributed by atoms with Crippen molar-refractivity contribution in [1.29, 1.82) is 0 Å². The van der Waals surface area contributed by atoms with Crippen LogP contribution in [0.25, 0.3) is 0 Å². The van der Waals surface area contributed by atoms with Crippen molar-refractivity contribution < 1.29 is 5.11 Å². The minimum absolute atomic E-state index is 0.174. The first kappa shape index (κ1) is 12.6. The minimum atomic E-state index is 0.174. The first-order chi connectivity index (χ1) is 8.26. The zero-order valence-electron chi connectivity index (χ0n) is 9.86. The number of rotatable bonds is 4. The highest BCUT2D eigenvalue weighted by atomic mass is 79.9. The fourth-order valence-electron chi connectivity index (χ4n) is 2.11. The normalized spacial score (nSPS) is 19.7. The number of aliphatic hydroxyl groups excluding tert-OH is 1. The zero-order valence-corrected chi connectivity index (χ0v) is 11.4. The van der Waals surface area contributed by atoms with E-state index < -0.39 is 0 Å². The van der Waals surface area contributed by atoms with Gasteiger partial charge in [-0.05, 0) is 35.7 Å². The second kappa shape index (κ2) is 5.64. The highest BCUT2D eigenvalue weighted by molar-refractivity contribution is 9.10. The van der Waals surface area contributed by atoms with Gasteiger partial charge in [-0.3, -0.25) is 0 Å². The molecule has 0 amide bonds. The molecule has 2 rings (SSSR count). The van der Waals surface area contributed by atoms with Crippen LogP contribution in [0.4, 0.5) is 11.8 Å². The second-order valence-corrected chi connectivity index (χ2v) is 4.92. The van der Waals surface area contributed by atoms with Crippen LogP contribution >= 0.6 is 15.9 Å². The number of hydrogen-bond acceptors (Lipinski definition) is 5. The predicted molar refractivity (Wildman–Crippen MR) is 71.3 cm³/mol. The highest BCUT2D eigenvalue weighted by Crippen LogP contribution is 2.30. The number of halogens is 1. The third kappa shape index (κ3) is 2.69. The maximum Gasteiger partial charge on any atom is 0.224 e. The van der Waals surface area contributed by atoms with E-state index >= 15 is 0 Å². The van der Waals surface area contributed by atoms with Crippen LogP contribution in [0.2, 0.25) is 0 Å². The Hall–Kier alpha value is -0.880. The maximum absolute atomic E-state index is 9.35. The Morgan fingerprint density at radius 3 is 3.18 bits per heavy atom. The van der Waals surface area contributed by atoms with Gasteiger partial charge in [0.25, 0.3) is 0 Å². The van der Waals surface area contributed by atoms with Gasteiger partial charge in [0.2, 0.25) is 5.95 Å². The van der Waals surface area contributed by atoms with Crippen molar-refractivity contribution in [2.24, 2.45) is 0 Å². The summed E-state index contributed by atoms with van der Waals surface area (Å²) in [6.45, 7) is 3.92. The predicted octanol–water partition coefficient (Wildman–Crippen LogP) is 1.63. The molecule has 0 radical (unpaired) electrons. The van der Waals surface area contributed by atoms with Gasteiger partial charge in [-0.15, -0.1) is 0 Å². The van der Waals surface area contributed by atoms with Gasteiger partial charge in [-0.2, -0.15) is 4.98 Å². The third-order valence-electron chi connectivity index (χ3n) is 2.92. The molecule has 1 atom stereocenters. The van der Waals surface area contributed by atoms with Crippen LogP contribution in [0.15, 0.2) is 10.7 Å². The lowest BCUT2D eigenvalue weighted by Gasteiger charge is -2.25. The molecule has 0 aliphatic carbocycles. The topological polar surface area (TPSA) is 61.3 Å². The molecule has 2 heterocycles. The van der Waals surface area contributed by atoms with Crippen LogP contribution in [0, 0.1) is 0 Å². The van der Waals surface area contributed by atoms with E-state index in [-0.39, 0.29) is 12.6 Å². The van der Waals surface area contributed by atoms with E-state index in [1.807, 2.05) is 6.92 Å². The van der Waals surface area contributed by atoms with Crippen LogP contribution in [0.5, 0.6) is 0 Å². The van der Waals surface area contributed by atoms with Gasteiger partial charge in [0, 0.05) is 19.3 Å². The van der Waals surface area contributed by atoms with Crippen LogP contribution in [-0.2, 0) is 0 Å². The van der Waals surface area contributed by atoms with Crippen LogP contribution < -0.4 is 10.2 Å². The van der Waals surface area contributed by atoms with Crippen molar-refractivity contribution in [3.05, 3.63) is 10.7 Å². The first-order valence-corrected chi connectivity index (χ1v) is 6.69. The van der Waals surface area contributed by atoms with Crippen molar-refractivity contribution in [3.8, 4) is 0 Å². The molecular formula is C11H17BrN4O. The molecule has 1 aromatic rings. The maximum atomic E-state index is 9.35. The van der Waals surface area contributed by atoms with Crippen molar-refractivity contribution in [3.63, 3.8) is 0 Å². The molecule has 94 valence electrons. The number of aromatic nitrogens is 2. The standard InChI is InChI=1S/C11H17BrN4O/c1-2-13-11-14-6-9(12)10(15-11)16-5-3-4-8(16)7-17/h6,8,17H,2-5,7H2,1H3,(H,13,14,15). The van der Waals surface area contributed by atoms with Crippen LogP contribution in [0.1, 0.15) is 19.8 Å². The average molecular weight is 301 g/mol. The van der Waals surface area contributed by atoms with Gasteiger partial charge in [0.15, 0.2) is 0 Å². The van der Waals surface area contributed by atoms with Crippen molar-refractivity contribution in [1.82, 2.24) is 9.97 Å². The Labute approximate surface area is 109 Å². The summed E-state index contributed by atoms with van der Waals surface area (Å²) in [5.41, 5.74) is 0. The van der Waals surface area contributed by atoms with Crippen LogP contribution in [0.3, 0.4) is 0 Å². The van der Waals surface area contributed by atoms with Crippen LogP contribution in [-0.4, -0.2) is 40.8 Å². The molecule has 6 heteroatoms. The number of hydrogen-bond donors (Lipinski definition) is 2. The Kier molecular flexibility index (Phi) is 4.17. The SMILES string of the molecule is CCNc1ncc(Br)c(N2CCCC2CO)n1. The summed E-state index contributed by atoms with van der Waals surface area (Å²) < 4.78 is 0.875. The smallest absolute Gasteiger partial charge is 0.224 e. The molecule has 1 unspecified atom stereocenters. The van der Waals surface area contributed by atoms with E-state index in [9.17, 15) is 5.11 Å². The fourth-order valence-corrected chi connectivity index (χ4v) is 2.53. The number of nitrogens with one attached hydrogen (secondary N) is 1. The molecule has 1 fully saturated rings. The summed E-state index contributed by atoms with van der Waals surface area (Å²) >= 11 is 3.47. The van der Waals surface area contributed by atoms with Gasteiger partial charge < -0.3 is 15.3 Å². The first-order valence-electron chi connectivity index (χ1n) is 5.90. The fraction of sp³-hybridized carbons (Fsp3) is 0.636. The van der Waals surface area contributed by atoms with Crippen molar-refractivity contribution in [2.45, 2.75) is 25.8 Å². The zero-order chi connectivity index (χ0) is 12.3. The highest BCUT2D eigenvalue weighted by Gasteiger charge is 2.26. The number of nitrogens with zero attached hydrogens (tertiary/aromatic N) is 3. The van der Waals surface area contributed by atoms with E-state index in [2.05, 4.69) is 36.1 Å². The Morgan fingerprint density at radius 1 is 1.65 bits per heavy atom. The molecule has 5 nitrogen and oxygen atoms in total. The summed E-state index contributed by atoms with van der Waals surface area (Å²) in [6, 6.07) is 0.177. The Morgan fingerprint density at radius 2 is 2.47 bits per heavy atom. The molecule has 1 aliphatic heterocycles. The summed E-state index contributed by atoms with van der Waals surface area (Å²) in [5.74, 6) is 1.50. The van der Waals surface area contributed by atoms with E-state index in [0.29, 0.717) is 5.95 Å².